The Hall–Kier alpha value is -2.09. The summed E-state index contributed by atoms with van der Waals surface area (Å²) in [7, 11) is 0. The number of hydrogen-bond acceptors (Lipinski definition) is 3. The number of carboxylic acids is 1. The van der Waals surface area contributed by atoms with E-state index >= 15 is 0 Å². The van der Waals surface area contributed by atoms with Gasteiger partial charge < -0.3 is 5.11 Å². The van der Waals surface area contributed by atoms with Gasteiger partial charge in [-0.2, -0.15) is 13.2 Å². The number of carboxylic acid groups (broad SMARTS) is 1. The SMILES string of the molecule is O=C(O)Cn1c(Cl)nc2cc(C(F)(F)F)ccc2c1=O. The van der Waals surface area contributed by atoms with E-state index in [2.05, 4.69) is 4.98 Å². The number of fused-ring (bicyclic) bond motifs is 1. The first kappa shape index (κ1) is 14.3. The number of benzene rings is 1. The summed E-state index contributed by atoms with van der Waals surface area (Å²) in [6, 6.07) is 2.36. The Labute approximate surface area is 114 Å². The van der Waals surface area contributed by atoms with Crippen LogP contribution in [0.4, 0.5) is 13.2 Å². The van der Waals surface area contributed by atoms with Crippen LogP contribution in [0.3, 0.4) is 0 Å². The molecule has 5 nitrogen and oxygen atoms in total. The predicted molar refractivity (Wildman–Crippen MR) is 63.7 cm³/mol. The fourth-order valence-corrected chi connectivity index (χ4v) is 1.87. The van der Waals surface area contributed by atoms with Crippen molar-refractivity contribution in [2.75, 3.05) is 0 Å². The van der Waals surface area contributed by atoms with Crippen molar-refractivity contribution in [1.82, 2.24) is 9.55 Å². The van der Waals surface area contributed by atoms with Crippen LogP contribution in [0, 0.1) is 0 Å². The lowest BCUT2D eigenvalue weighted by atomic mass is 10.1. The fraction of sp³-hybridized carbons (Fsp3) is 0.182. The normalized spacial score (nSPS) is 11.8. The number of aliphatic carboxylic acids is 1. The summed E-state index contributed by atoms with van der Waals surface area (Å²) in [5.41, 5.74) is -2.02. The van der Waals surface area contributed by atoms with Crippen molar-refractivity contribution in [3.8, 4) is 0 Å². The van der Waals surface area contributed by atoms with Crippen LogP contribution in [0.5, 0.6) is 0 Å². The number of rotatable bonds is 2. The highest BCUT2D eigenvalue weighted by atomic mass is 35.5. The van der Waals surface area contributed by atoms with E-state index in [0.29, 0.717) is 10.6 Å². The molecule has 0 saturated carbocycles. The van der Waals surface area contributed by atoms with Crippen molar-refractivity contribution >= 4 is 28.5 Å². The molecule has 106 valence electrons. The molecule has 0 aliphatic carbocycles. The van der Waals surface area contributed by atoms with Gasteiger partial charge in [-0.1, -0.05) is 0 Å². The van der Waals surface area contributed by atoms with Crippen molar-refractivity contribution < 1.29 is 23.1 Å². The lowest BCUT2D eigenvalue weighted by Gasteiger charge is -2.09. The Kier molecular flexibility index (Phi) is 3.43. The molecule has 0 aliphatic rings. The highest BCUT2D eigenvalue weighted by Gasteiger charge is 2.31. The van der Waals surface area contributed by atoms with Gasteiger partial charge in [0.05, 0.1) is 16.5 Å². The van der Waals surface area contributed by atoms with Crippen LogP contribution in [-0.2, 0) is 17.5 Å². The molecule has 0 saturated heterocycles. The van der Waals surface area contributed by atoms with Crippen molar-refractivity contribution in [2.24, 2.45) is 0 Å². The van der Waals surface area contributed by atoms with Crippen LogP contribution in [0.1, 0.15) is 5.56 Å². The topological polar surface area (TPSA) is 72.2 Å². The molecule has 1 N–H and O–H groups in total. The molecule has 1 aromatic heterocycles. The van der Waals surface area contributed by atoms with Gasteiger partial charge in [0.25, 0.3) is 5.56 Å². The standard InChI is InChI=1S/C11H6ClF3N2O3/c12-10-16-7-3-5(11(13,14)15)1-2-6(7)9(20)17(10)4-8(18)19/h1-3H,4H2,(H,18,19). The summed E-state index contributed by atoms with van der Waals surface area (Å²) in [5, 5.41) is 8.03. The summed E-state index contributed by atoms with van der Waals surface area (Å²) in [5.74, 6) is -1.32. The Morgan fingerprint density at radius 3 is 2.60 bits per heavy atom. The molecule has 0 amide bonds. The van der Waals surface area contributed by atoms with E-state index in [1.807, 2.05) is 0 Å². The first-order valence-corrected chi connectivity index (χ1v) is 5.57. The Bertz CT molecular complexity index is 755. The Balaban J connectivity index is 2.70. The van der Waals surface area contributed by atoms with Gasteiger partial charge in [-0.05, 0) is 29.8 Å². The van der Waals surface area contributed by atoms with E-state index in [-0.39, 0.29) is 10.9 Å². The summed E-state index contributed by atoms with van der Waals surface area (Å²) < 4.78 is 38.3. The maximum Gasteiger partial charge on any atom is 0.416 e. The smallest absolute Gasteiger partial charge is 0.416 e. The van der Waals surface area contributed by atoms with Crippen molar-refractivity contribution in [1.29, 1.82) is 0 Å². The number of carbonyl (C=O) groups is 1. The Morgan fingerprint density at radius 2 is 2.05 bits per heavy atom. The van der Waals surface area contributed by atoms with Crippen LogP contribution < -0.4 is 5.56 Å². The monoisotopic (exact) mass is 306 g/mol. The number of halogens is 4. The van der Waals surface area contributed by atoms with Crippen LogP contribution in [0.25, 0.3) is 10.9 Å². The second-order valence-electron chi connectivity index (χ2n) is 3.90. The van der Waals surface area contributed by atoms with Gasteiger partial charge in [-0.25, -0.2) is 4.98 Å². The third kappa shape index (κ3) is 2.60. The van der Waals surface area contributed by atoms with Gasteiger partial charge in [0, 0.05) is 0 Å². The molecule has 1 heterocycles. The van der Waals surface area contributed by atoms with E-state index in [1.165, 1.54) is 0 Å². The minimum Gasteiger partial charge on any atom is -0.480 e. The van der Waals surface area contributed by atoms with Crippen LogP contribution in [0.15, 0.2) is 23.0 Å². The number of aromatic nitrogens is 2. The average Bonchev–Trinajstić information content (AvgIpc) is 2.32. The lowest BCUT2D eigenvalue weighted by Crippen LogP contribution is -2.26. The van der Waals surface area contributed by atoms with E-state index < -0.39 is 35.1 Å². The van der Waals surface area contributed by atoms with Gasteiger partial charge in [0.1, 0.15) is 6.54 Å². The van der Waals surface area contributed by atoms with E-state index in [4.69, 9.17) is 16.7 Å². The molecular weight excluding hydrogens is 301 g/mol. The number of alkyl halides is 3. The van der Waals surface area contributed by atoms with Gasteiger partial charge in [-0.3, -0.25) is 14.2 Å². The largest absolute Gasteiger partial charge is 0.480 e. The van der Waals surface area contributed by atoms with E-state index in [9.17, 15) is 22.8 Å². The molecule has 0 spiro atoms. The molecule has 0 aliphatic heterocycles. The third-order valence-electron chi connectivity index (χ3n) is 2.53. The van der Waals surface area contributed by atoms with Gasteiger partial charge in [-0.15, -0.1) is 0 Å². The molecule has 0 atom stereocenters. The molecule has 0 bridgehead atoms. The first-order valence-electron chi connectivity index (χ1n) is 5.19. The summed E-state index contributed by atoms with van der Waals surface area (Å²) in [6.45, 7) is -0.721. The van der Waals surface area contributed by atoms with Crippen molar-refractivity contribution in [3.05, 3.63) is 39.4 Å². The fourth-order valence-electron chi connectivity index (χ4n) is 1.64. The minimum atomic E-state index is -4.57. The van der Waals surface area contributed by atoms with Crippen LogP contribution in [-0.4, -0.2) is 20.6 Å². The third-order valence-corrected chi connectivity index (χ3v) is 2.82. The van der Waals surface area contributed by atoms with Crippen molar-refractivity contribution in [2.45, 2.75) is 12.7 Å². The average molecular weight is 307 g/mol. The molecule has 2 aromatic rings. The summed E-state index contributed by atoms with van der Waals surface area (Å²) in [6.07, 6.45) is -4.57. The summed E-state index contributed by atoms with van der Waals surface area (Å²) >= 11 is 5.63. The second-order valence-corrected chi connectivity index (χ2v) is 4.23. The molecule has 1 aromatic carbocycles. The molecule has 2 rings (SSSR count). The quantitative estimate of drug-likeness (QED) is 0.863. The van der Waals surface area contributed by atoms with Gasteiger partial charge in [0.2, 0.25) is 5.28 Å². The van der Waals surface area contributed by atoms with Gasteiger partial charge >= 0.3 is 12.1 Å². The molecule has 0 unspecified atom stereocenters. The zero-order valence-electron chi connectivity index (χ0n) is 9.61. The molecule has 9 heteroatoms. The second kappa shape index (κ2) is 4.78. The zero-order chi connectivity index (χ0) is 15.1. The van der Waals surface area contributed by atoms with E-state index in [0.717, 1.165) is 12.1 Å². The predicted octanol–water partition coefficient (Wildman–Crippen LogP) is 2.15. The van der Waals surface area contributed by atoms with E-state index in [1.54, 1.807) is 0 Å². The van der Waals surface area contributed by atoms with Crippen LogP contribution >= 0.6 is 11.6 Å². The minimum absolute atomic E-state index is 0.136. The maximum atomic E-state index is 12.5. The van der Waals surface area contributed by atoms with Crippen LogP contribution in [0.2, 0.25) is 5.28 Å². The Morgan fingerprint density at radius 1 is 1.40 bits per heavy atom. The van der Waals surface area contributed by atoms with Gasteiger partial charge in [0.15, 0.2) is 0 Å². The highest BCUT2D eigenvalue weighted by molar-refractivity contribution is 6.28. The highest BCUT2D eigenvalue weighted by Crippen LogP contribution is 2.30. The molecular formula is C11H6ClF3N2O3. The first-order chi connectivity index (χ1) is 9.20. The zero-order valence-corrected chi connectivity index (χ0v) is 10.4. The number of nitrogens with zero attached hydrogens (tertiary/aromatic N) is 2. The molecule has 20 heavy (non-hydrogen) atoms. The van der Waals surface area contributed by atoms with Crippen molar-refractivity contribution in [3.63, 3.8) is 0 Å². The number of hydrogen-bond donors (Lipinski definition) is 1. The summed E-state index contributed by atoms with van der Waals surface area (Å²) in [4.78, 5) is 26.2. The molecule has 0 radical (unpaired) electrons. The lowest BCUT2D eigenvalue weighted by molar-refractivity contribution is -0.138. The molecule has 0 fully saturated rings. The maximum absolute atomic E-state index is 12.5.